The van der Waals surface area contributed by atoms with Crippen molar-refractivity contribution < 1.29 is 0 Å². The Kier molecular flexibility index (Phi) is 2.50. The Morgan fingerprint density at radius 1 is 1.43 bits per heavy atom. The first-order chi connectivity index (χ1) is 6.79. The number of aryl methyl sites for hydroxylation is 1. The van der Waals surface area contributed by atoms with Crippen LogP contribution in [-0.2, 0) is 6.42 Å². The van der Waals surface area contributed by atoms with E-state index in [4.69, 9.17) is 0 Å². The summed E-state index contributed by atoms with van der Waals surface area (Å²) in [6.45, 7) is 2.14. The van der Waals surface area contributed by atoms with Crippen molar-refractivity contribution in [3.05, 3.63) is 45.7 Å². The van der Waals surface area contributed by atoms with Crippen molar-refractivity contribution in [3.8, 4) is 10.4 Å². The molecule has 0 saturated heterocycles. The van der Waals surface area contributed by atoms with E-state index in [1.165, 1.54) is 10.4 Å². The molecule has 2 heterocycles. The SMILES string of the molecule is CCc1csc(-c2ccc(=O)[nH]c2)c1. The zero-order chi connectivity index (χ0) is 9.97. The van der Waals surface area contributed by atoms with Crippen LogP contribution in [-0.4, -0.2) is 4.98 Å². The molecule has 0 saturated carbocycles. The van der Waals surface area contributed by atoms with Gasteiger partial charge in [0.25, 0.3) is 0 Å². The molecule has 0 amide bonds. The maximum absolute atomic E-state index is 10.9. The lowest BCUT2D eigenvalue weighted by molar-refractivity contribution is 1.16. The second-order valence-electron chi connectivity index (χ2n) is 3.11. The van der Waals surface area contributed by atoms with Gasteiger partial charge in [-0.1, -0.05) is 6.92 Å². The monoisotopic (exact) mass is 205 g/mol. The highest BCUT2D eigenvalue weighted by Gasteiger charge is 2.00. The van der Waals surface area contributed by atoms with Crippen LogP contribution < -0.4 is 5.56 Å². The van der Waals surface area contributed by atoms with Gasteiger partial charge in [0, 0.05) is 22.7 Å². The summed E-state index contributed by atoms with van der Waals surface area (Å²) in [6.07, 6.45) is 2.81. The fourth-order valence-corrected chi connectivity index (χ4v) is 2.27. The van der Waals surface area contributed by atoms with E-state index in [1.807, 2.05) is 6.07 Å². The van der Waals surface area contributed by atoms with Crippen molar-refractivity contribution >= 4 is 11.3 Å². The molecule has 14 heavy (non-hydrogen) atoms. The third-order valence-electron chi connectivity index (χ3n) is 2.13. The smallest absolute Gasteiger partial charge is 0.247 e. The molecule has 0 radical (unpaired) electrons. The lowest BCUT2D eigenvalue weighted by Gasteiger charge is -1.94. The minimum atomic E-state index is -0.0546. The van der Waals surface area contributed by atoms with Crippen LogP contribution in [0.3, 0.4) is 0 Å². The quantitative estimate of drug-likeness (QED) is 0.803. The number of thiophene rings is 1. The second kappa shape index (κ2) is 3.80. The molecular weight excluding hydrogens is 194 g/mol. The molecule has 0 fully saturated rings. The van der Waals surface area contributed by atoms with E-state index in [0.29, 0.717) is 0 Å². The lowest BCUT2D eigenvalue weighted by atomic mass is 10.2. The highest BCUT2D eigenvalue weighted by atomic mass is 32.1. The van der Waals surface area contributed by atoms with Crippen molar-refractivity contribution in [3.63, 3.8) is 0 Å². The Balaban J connectivity index is 2.39. The molecule has 0 bridgehead atoms. The summed E-state index contributed by atoms with van der Waals surface area (Å²) >= 11 is 1.71. The van der Waals surface area contributed by atoms with Gasteiger partial charge in [0.05, 0.1) is 0 Å². The average molecular weight is 205 g/mol. The normalized spacial score (nSPS) is 10.4. The van der Waals surface area contributed by atoms with Gasteiger partial charge in [-0.3, -0.25) is 4.79 Å². The Morgan fingerprint density at radius 3 is 2.86 bits per heavy atom. The van der Waals surface area contributed by atoms with Gasteiger partial charge in [-0.15, -0.1) is 11.3 Å². The molecule has 0 unspecified atom stereocenters. The van der Waals surface area contributed by atoms with Crippen LogP contribution in [0.4, 0.5) is 0 Å². The molecule has 2 rings (SSSR count). The summed E-state index contributed by atoms with van der Waals surface area (Å²) in [7, 11) is 0. The van der Waals surface area contributed by atoms with Gasteiger partial charge in [-0.25, -0.2) is 0 Å². The summed E-state index contributed by atoms with van der Waals surface area (Å²) in [5.74, 6) is 0. The molecule has 2 aromatic rings. The summed E-state index contributed by atoms with van der Waals surface area (Å²) in [5, 5.41) is 2.15. The standard InChI is InChI=1S/C11H11NOS/c1-2-8-5-10(14-7-8)9-3-4-11(13)12-6-9/h3-7H,2H2,1H3,(H,12,13). The maximum atomic E-state index is 10.9. The predicted octanol–water partition coefficient (Wildman–Crippen LogP) is 2.67. The Morgan fingerprint density at radius 2 is 2.29 bits per heavy atom. The molecule has 0 aliphatic heterocycles. The van der Waals surface area contributed by atoms with Crippen molar-refractivity contribution in [2.45, 2.75) is 13.3 Å². The van der Waals surface area contributed by atoms with Crippen LogP contribution in [0.1, 0.15) is 12.5 Å². The number of rotatable bonds is 2. The first-order valence-corrected chi connectivity index (χ1v) is 5.44. The van der Waals surface area contributed by atoms with Gasteiger partial charge in [0.2, 0.25) is 5.56 Å². The fourth-order valence-electron chi connectivity index (χ4n) is 1.28. The minimum absolute atomic E-state index is 0.0546. The summed E-state index contributed by atoms with van der Waals surface area (Å²) in [6, 6.07) is 5.57. The van der Waals surface area contributed by atoms with Crippen LogP contribution in [0.25, 0.3) is 10.4 Å². The summed E-state index contributed by atoms with van der Waals surface area (Å²) in [5.41, 5.74) is 2.37. The van der Waals surface area contributed by atoms with Gasteiger partial charge >= 0.3 is 0 Å². The van der Waals surface area contributed by atoms with Crippen LogP contribution in [0.15, 0.2) is 34.6 Å². The van der Waals surface area contributed by atoms with Gasteiger partial charge < -0.3 is 4.98 Å². The molecule has 2 aromatic heterocycles. The number of aromatic nitrogens is 1. The summed E-state index contributed by atoms with van der Waals surface area (Å²) < 4.78 is 0. The molecule has 0 aromatic carbocycles. The molecule has 2 nitrogen and oxygen atoms in total. The Labute approximate surface area is 86.2 Å². The van der Waals surface area contributed by atoms with E-state index in [9.17, 15) is 4.79 Å². The van der Waals surface area contributed by atoms with Crippen molar-refractivity contribution in [1.82, 2.24) is 4.98 Å². The van der Waals surface area contributed by atoms with E-state index < -0.39 is 0 Å². The molecular formula is C11H11NOS. The van der Waals surface area contributed by atoms with E-state index in [1.54, 1.807) is 23.6 Å². The largest absolute Gasteiger partial charge is 0.328 e. The first kappa shape index (κ1) is 9.21. The Hall–Kier alpha value is -1.35. The van der Waals surface area contributed by atoms with Gasteiger partial charge in [-0.05, 0) is 29.5 Å². The third kappa shape index (κ3) is 1.77. The fraction of sp³-hybridized carbons (Fsp3) is 0.182. The molecule has 0 atom stereocenters. The predicted molar refractivity (Wildman–Crippen MR) is 59.8 cm³/mol. The lowest BCUT2D eigenvalue weighted by Crippen LogP contribution is -2.00. The molecule has 3 heteroatoms. The topological polar surface area (TPSA) is 32.9 Å². The number of hydrogen-bond donors (Lipinski definition) is 1. The zero-order valence-corrected chi connectivity index (χ0v) is 8.73. The molecule has 1 N–H and O–H groups in total. The van der Waals surface area contributed by atoms with Crippen molar-refractivity contribution in [2.24, 2.45) is 0 Å². The average Bonchev–Trinajstić information content (AvgIpc) is 2.67. The highest BCUT2D eigenvalue weighted by Crippen LogP contribution is 2.25. The van der Waals surface area contributed by atoms with Crippen LogP contribution in [0.5, 0.6) is 0 Å². The second-order valence-corrected chi connectivity index (χ2v) is 4.03. The number of aromatic amines is 1. The number of pyridine rings is 1. The molecule has 0 aliphatic rings. The van der Waals surface area contributed by atoms with Crippen LogP contribution >= 0.6 is 11.3 Å². The van der Waals surface area contributed by atoms with Crippen molar-refractivity contribution in [2.75, 3.05) is 0 Å². The molecule has 0 aliphatic carbocycles. The number of nitrogens with one attached hydrogen (secondary N) is 1. The van der Waals surface area contributed by atoms with E-state index in [2.05, 4.69) is 23.4 Å². The molecule has 72 valence electrons. The molecule has 0 spiro atoms. The van der Waals surface area contributed by atoms with Gasteiger partial charge in [-0.2, -0.15) is 0 Å². The maximum Gasteiger partial charge on any atom is 0.247 e. The van der Waals surface area contributed by atoms with Gasteiger partial charge in [0.1, 0.15) is 0 Å². The van der Waals surface area contributed by atoms with E-state index in [0.717, 1.165) is 12.0 Å². The number of H-pyrrole nitrogens is 1. The third-order valence-corrected chi connectivity index (χ3v) is 3.16. The minimum Gasteiger partial charge on any atom is -0.328 e. The highest BCUT2D eigenvalue weighted by molar-refractivity contribution is 7.13. The van der Waals surface area contributed by atoms with Crippen LogP contribution in [0, 0.1) is 0 Å². The van der Waals surface area contributed by atoms with Gasteiger partial charge in [0.15, 0.2) is 0 Å². The van der Waals surface area contributed by atoms with E-state index in [-0.39, 0.29) is 5.56 Å². The van der Waals surface area contributed by atoms with Crippen LogP contribution in [0.2, 0.25) is 0 Å². The Bertz CT molecular complexity index is 464. The number of hydrogen-bond acceptors (Lipinski definition) is 2. The van der Waals surface area contributed by atoms with Crippen molar-refractivity contribution in [1.29, 1.82) is 0 Å². The zero-order valence-electron chi connectivity index (χ0n) is 7.91. The summed E-state index contributed by atoms with van der Waals surface area (Å²) in [4.78, 5) is 14.7. The van der Waals surface area contributed by atoms with E-state index >= 15 is 0 Å². The first-order valence-electron chi connectivity index (χ1n) is 4.56.